The van der Waals surface area contributed by atoms with Crippen molar-refractivity contribution >= 4 is 21.8 Å². The first-order chi connectivity index (χ1) is 14.6. The largest absolute Gasteiger partial charge is 0.390 e. The van der Waals surface area contributed by atoms with Crippen molar-refractivity contribution in [3.63, 3.8) is 0 Å². The summed E-state index contributed by atoms with van der Waals surface area (Å²) in [4.78, 5) is 0. The van der Waals surface area contributed by atoms with Crippen LogP contribution in [0.3, 0.4) is 0 Å². The summed E-state index contributed by atoms with van der Waals surface area (Å²) in [5.41, 5.74) is 1.60. The molecule has 4 rings (SSSR count). The Hall–Kier alpha value is -2.02. The van der Waals surface area contributed by atoms with Crippen LogP contribution < -0.4 is 10.6 Å². The highest BCUT2D eigenvalue weighted by Crippen LogP contribution is 2.30. The monoisotopic (exact) mass is 415 g/mol. The Balaban J connectivity index is 1.32. The SMILES string of the molecule is OC(CNCCCNC1CCCCC1)Cn1c2ccc(F)cc2c2cc(F)ccc21. The zero-order valence-electron chi connectivity index (χ0n) is 17.3. The van der Waals surface area contributed by atoms with E-state index in [4.69, 9.17) is 0 Å². The second-order valence-electron chi connectivity index (χ2n) is 8.43. The normalized spacial score (nSPS) is 16.5. The lowest BCUT2D eigenvalue weighted by molar-refractivity contribution is 0.154. The van der Waals surface area contributed by atoms with E-state index in [0.717, 1.165) is 30.5 Å². The zero-order chi connectivity index (χ0) is 20.9. The number of nitrogens with one attached hydrogen (secondary N) is 2. The van der Waals surface area contributed by atoms with Gasteiger partial charge >= 0.3 is 0 Å². The van der Waals surface area contributed by atoms with Crippen molar-refractivity contribution in [3.8, 4) is 0 Å². The molecule has 162 valence electrons. The minimum Gasteiger partial charge on any atom is -0.390 e. The maximum Gasteiger partial charge on any atom is 0.123 e. The maximum absolute atomic E-state index is 13.8. The van der Waals surface area contributed by atoms with Crippen LogP contribution in [0.5, 0.6) is 0 Å². The standard InChI is InChI=1S/C24H31F2N3O/c25-17-7-9-23-21(13-17)22-14-18(26)8-10-24(22)29(23)16-20(30)15-27-11-4-12-28-19-5-2-1-3-6-19/h7-10,13-14,19-20,27-28,30H,1-6,11-12,15-16H2. The lowest BCUT2D eigenvalue weighted by Crippen LogP contribution is -2.35. The van der Waals surface area contributed by atoms with Crippen molar-refractivity contribution in [2.45, 2.75) is 57.2 Å². The molecule has 3 N–H and O–H groups in total. The van der Waals surface area contributed by atoms with Gasteiger partial charge in [-0.2, -0.15) is 0 Å². The van der Waals surface area contributed by atoms with Crippen LogP contribution in [0.4, 0.5) is 8.78 Å². The number of aromatic nitrogens is 1. The van der Waals surface area contributed by atoms with E-state index in [2.05, 4.69) is 10.6 Å². The van der Waals surface area contributed by atoms with Crippen molar-refractivity contribution in [2.24, 2.45) is 0 Å². The van der Waals surface area contributed by atoms with Gasteiger partial charge in [-0.3, -0.25) is 0 Å². The smallest absolute Gasteiger partial charge is 0.123 e. The zero-order valence-corrected chi connectivity index (χ0v) is 17.3. The van der Waals surface area contributed by atoms with Crippen LogP contribution in [-0.4, -0.2) is 41.5 Å². The topological polar surface area (TPSA) is 49.2 Å². The van der Waals surface area contributed by atoms with Crippen LogP contribution in [0.1, 0.15) is 38.5 Å². The average molecular weight is 416 g/mol. The lowest BCUT2D eigenvalue weighted by atomic mass is 9.95. The molecular formula is C24H31F2N3O. The van der Waals surface area contributed by atoms with Crippen molar-refractivity contribution in [1.29, 1.82) is 0 Å². The van der Waals surface area contributed by atoms with E-state index in [1.807, 2.05) is 4.57 Å². The van der Waals surface area contributed by atoms with Gasteiger partial charge in [-0.05, 0) is 68.8 Å². The molecule has 3 aromatic rings. The Morgan fingerprint density at radius 2 is 1.57 bits per heavy atom. The van der Waals surface area contributed by atoms with Gasteiger partial charge in [0.1, 0.15) is 11.6 Å². The first kappa shape index (κ1) is 21.2. The summed E-state index contributed by atoms with van der Waals surface area (Å²) in [7, 11) is 0. The third-order valence-corrected chi connectivity index (χ3v) is 6.13. The van der Waals surface area contributed by atoms with E-state index in [9.17, 15) is 13.9 Å². The fourth-order valence-electron chi connectivity index (χ4n) is 4.62. The van der Waals surface area contributed by atoms with E-state index in [-0.39, 0.29) is 11.6 Å². The van der Waals surface area contributed by atoms with Crippen LogP contribution in [0, 0.1) is 11.6 Å². The molecule has 1 unspecified atom stereocenters. The summed E-state index contributed by atoms with van der Waals surface area (Å²) in [6.45, 7) is 2.69. The van der Waals surface area contributed by atoms with Crippen LogP contribution in [0.25, 0.3) is 21.8 Å². The van der Waals surface area contributed by atoms with E-state index in [1.165, 1.54) is 56.4 Å². The molecule has 0 aliphatic heterocycles. The van der Waals surface area contributed by atoms with Gasteiger partial charge < -0.3 is 20.3 Å². The Kier molecular flexibility index (Phi) is 6.97. The molecule has 1 heterocycles. The van der Waals surface area contributed by atoms with Gasteiger partial charge in [0.25, 0.3) is 0 Å². The Labute approximate surface area is 176 Å². The number of hydrogen-bond acceptors (Lipinski definition) is 3. The first-order valence-corrected chi connectivity index (χ1v) is 11.1. The van der Waals surface area contributed by atoms with Gasteiger partial charge in [-0.25, -0.2) is 8.78 Å². The summed E-state index contributed by atoms with van der Waals surface area (Å²) in [6.07, 6.45) is 7.06. The molecule has 1 aromatic heterocycles. The molecule has 2 aromatic carbocycles. The van der Waals surface area contributed by atoms with Gasteiger partial charge in [0.05, 0.1) is 12.6 Å². The number of hydrogen-bond donors (Lipinski definition) is 3. The molecule has 4 nitrogen and oxygen atoms in total. The Morgan fingerprint density at radius 3 is 2.20 bits per heavy atom. The fraction of sp³-hybridized carbons (Fsp3) is 0.500. The molecule has 1 aliphatic rings. The molecule has 0 amide bonds. The molecule has 1 atom stereocenters. The predicted molar refractivity (Wildman–Crippen MR) is 118 cm³/mol. The van der Waals surface area contributed by atoms with Crippen LogP contribution in [0.2, 0.25) is 0 Å². The Bertz CT molecular complexity index is 922. The number of halogens is 2. The van der Waals surface area contributed by atoms with Crippen molar-refractivity contribution in [2.75, 3.05) is 19.6 Å². The molecule has 0 radical (unpaired) electrons. The van der Waals surface area contributed by atoms with Crippen LogP contribution in [-0.2, 0) is 6.54 Å². The van der Waals surface area contributed by atoms with Crippen LogP contribution >= 0.6 is 0 Å². The van der Waals surface area contributed by atoms with Gasteiger partial charge in [0.15, 0.2) is 0 Å². The predicted octanol–water partition coefficient (Wildman–Crippen LogP) is 4.34. The highest BCUT2D eigenvalue weighted by molar-refractivity contribution is 6.08. The molecule has 1 fully saturated rings. The minimum absolute atomic E-state index is 0.352. The minimum atomic E-state index is -0.592. The quantitative estimate of drug-likeness (QED) is 0.456. The highest BCUT2D eigenvalue weighted by Gasteiger charge is 2.15. The first-order valence-electron chi connectivity index (χ1n) is 11.1. The van der Waals surface area contributed by atoms with E-state index < -0.39 is 6.10 Å². The second kappa shape index (κ2) is 9.86. The van der Waals surface area contributed by atoms with Gasteiger partial charge in [-0.1, -0.05) is 19.3 Å². The summed E-state index contributed by atoms with van der Waals surface area (Å²) < 4.78 is 29.5. The lowest BCUT2D eigenvalue weighted by Gasteiger charge is -2.22. The van der Waals surface area contributed by atoms with Crippen LogP contribution in [0.15, 0.2) is 36.4 Å². The number of aliphatic hydroxyl groups is 1. The molecule has 0 bridgehead atoms. The summed E-state index contributed by atoms with van der Waals surface area (Å²) in [5, 5.41) is 18.8. The van der Waals surface area contributed by atoms with Crippen molar-refractivity contribution in [1.82, 2.24) is 15.2 Å². The molecule has 1 saturated carbocycles. The molecule has 0 saturated heterocycles. The summed E-state index contributed by atoms with van der Waals surface area (Å²) >= 11 is 0. The molecular weight excluding hydrogens is 384 g/mol. The fourth-order valence-corrected chi connectivity index (χ4v) is 4.62. The number of aliphatic hydroxyl groups excluding tert-OH is 1. The number of rotatable bonds is 9. The summed E-state index contributed by atoms with van der Waals surface area (Å²) in [6, 6.07) is 9.72. The van der Waals surface area contributed by atoms with Gasteiger partial charge in [0, 0.05) is 34.4 Å². The molecule has 30 heavy (non-hydrogen) atoms. The average Bonchev–Trinajstić information content (AvgIpc) is 3.03. The Morgan fingerprint density at radius 1 is 0.933 bits per heavy atom. The number of benzene rings is 2. The maximum atomic E-state index is 13.8. The molecule has 0 spiro atoms. The van der Waals surface area contributed by atoms with Gasteiger partial charge in [0.2, 0.25) is 0 Å². The highest BCUT2D eigenvalue weighted by atomic mass is 19.1. The number of nitrogens with zero attached hydrogens (tertiary/aromatic N) is 1. The molecule has 1 aliphatic carbocycles. The number of fused-ring (bicyclic) bond motifs is 3. The summed E-state index contributed by atoms with van der Waals surface area (Å²) in [5.74, 6) is -0.704. The van der Waals surface area contributed by atoms with Gasteiger partial charge in [-0.15, -0.1) is 0 Å². The van der Waals surface area contributed by atoms with E-state index in [0.29, 0.717) is 29.9 Å². The van der Waals surface area contributed by atoms with E-state index >= 15 is 0 Å². The third kappa shape index (κ3) is 4.99. The van der Waals surface area contributed by atoms with Crippen molar-refractivity contribution in [3.05, 3.63) is 48.0 Å². The third-order valence-electron chi connectivity index (χ3n) is 6.13. The van der Waals surface area contributed by atoms with E-state index in [1.54, 1.807) is 12.1 Å². The molecule has 6 heteroatoms. The van der Waals surface area contributed by atoms with Crippen molar-refractivity contribution < 1.29 is 13.9 Å². The second-order valence-corrected chi connectivity index (χ2v) is 8.43.